The molecule has 20 heavy (non-hydrogen) atoms. The Hall–Kier alpha value is -0.740. The molecule has 0 radical (unpaired) electrons. The summed E-state index contributed by atoms with van der Waals surface area (Å²) in [4.78, 5) is 14.3. The van der Waals surface area contributed by atoms with Crippen molar-refractivity contribution in [2.75, 3.05) is 13.1 Å². The highest BCUT2D eigenvalue weighted by Gasteiger charge is 2.34. The molecule has 5 heteroatoms. The molecule has 3 nitrogen and oxygen atoms in total. The first-order chi connectivity index (χ1) is 9.20. The molecule has 1 aliphatic rings. The first-order valence-corrected chi connectivity index (χ1v) is 7.84. The summed E-state index contributed by atoms with van der Waals surface area (Å²) < 4.78 is 0.444. The summed E-state index contributed by atoms with van der Waals surface area (Å²) in [7, 11) is 0. The zero-order chi connectivity index (χ0) is 15.1. The van der Waals surface area contributed by atoms with Gasteiger partial charge in [0.2, 0.25) is 0 Å². The van der Waals surface area contributed by atoms with Crippen LogP contribution in [0.5, 0.6) is 5.75 Å². The lowest BCUT2D eigenvalue weighted by atomic mass is 9.80. The van der Waals surface area contributed by atoms with Crippen molar-refractivity contribution in [1.82, 2.24) is 4.90 Å². The zero-order valence-corrected chi connectivity index (χ0v) is 14.3. The van der Waals surface area contributed by atoms with Crippen molar-refractivity contribution in [3.63, 3.8) is 0 Å². The minimum absolute atomic E-state index is 0.0430. The van der Waals surface area contributed by atoms with Crippen LogP contribution in [0.4, 0.5) is 0 Å². The van der Waals surface area contributed by atoms with Gasteiger partial charge in [-0.1, -0.05) is 32.4 Å². The van der Waals surface area contributed by atoms with Gasteiger partial charge in [-0.2, -0.15) is 0 Å². The maximum absolute atomic E-state index is 12.5. The summed E-state index contributed by atoms with van der Waals surface area (Å²) in [5.74, 6) is 0.285. The molecular weight excluding hydrogens is 342 g/mol. The van der Waals surface area contributed by atoms with Gasteiger partial charge in [0.05, 0.1) is 10.0 Å². The summed E-state index contributed by atoms with van der Waals surface area (Å²) >= 11 is 9.17. The Morgan fingerprint density at radius 2 is 2.10 bits per heavy atom. The fraction of sp³-hybridized carbons (Fsp3) is 0.533. The zero-order valence-electron chi connectivity index (χ0n) is 11.9. The van der Waals surface area contributed by atoms with Gasteiger partial charge in [-0.3, -0.25) is 4.79 Å². The molecule has 2 rings (SSSR count). The molecule has 1 saturated heterocycles. The number of nitrogens with zero attached hydrogens (tertiary/aromatic N) is 1. The molecule has 0 aromatic heterocycles. The smallest absolute Gasteiger partial charge is 0.257 e. The number of halogens is 2. The first kappa shape index (κ1) is 15.6. The number of likely N-dealkylation sites (tertiary alicyclic amines) is 1. The van der Waals surface area contributed by atoms with Crippen LogP contribution in [0.25, 0.3) is 0 Å². The van der Waals surface area contributed by atoms with E-state index in [-0.39, 0.29) is 22.6 Å². The third kappa shape index (κ3) is 3.12. The quantitative estimate of drug-likeness (QED) is 0.810. The molecule has 110 valence electrons. The van der Waals surface area contributed by atoms with Crippen molar-refractivity contribution in [3.05, 3.63) is 27.2 Å². The normalized spacial score (nSPS) is 19.4. The molecule has 1 aromatic rings. The number of phenolic OH excluding ortho intramolecular Hbond substituents is 1. The minimum atomic E-state index is -0.155. The minimum Gasteiger partial charge on any atom is -0.506 e. The highest BCUT2D eigenvalue weighted by Crippen LogP contribution is 2.36. The SMILES string of the molecule is CC(C)(C)C1CCN(C(=O)c2cc(Cl)cc(Br)c2O)C1. The molecule has 0 spiro atoms. The van der Waals surface area contributed by atoms with E-state index in [1.807, 2.05) is 0 Å². The molecule has 1 atom stereocenters. The van der Waals surface area contributed by atoms with Crippen LogP contribution in [0, 0.1) is 11.3 Å². The Morgan fingerprint density at radius 1 is 1.45 bits per heavy atom. The van der Waals surface area contributed by atoms with E-state index in [0.29, 0.717) is 15.4 Å². The topological polar surface area (TPSA) is 40.5 Å². The highest BCUT2D eigenvalue weighted by molar-refractivity contribution is 9.10. The van der Waals surface area contributed by atoms with Gasteiger partial charge in [-0.25, -0.2) is 0 Å². The standard InChI is InChI=1S/C15H19BrClNO2/c1-15(2,3)9-4-5-18(8-9)14(20)11-6-10(17)7-12(16)13(11)19/h6-7,9,19H,4-5,8H2,1-3H3. The van der Waals surface area contributed by atoms with Crippen LogP contribution >= 0.6 is 27.5 Å². The van der Waals surface area contributed by atoms with Crippen molar-refractivity contribution in [1.29, 1.82) is 0 Å². The molecule has 1 unspecified atom stereocenters. The molecule has 1 N–H and O–H groups in total. The van der Waals surface area contributed by atoms with Gasteiger partial charge in [0.15, 0.2) is 0 Å². The van der Waals surface area contributed by atoms with E-state index in [4.69, 9.17) is 11.6 Å². The lowest BCUT2D eigenvalue weighted by Gasteiger charge is -2.27. The van der Waals surface area contributed by atoms with Crippen LogP contribution in [0.3, 0.4) is 0 Å². The van der Waals surface area contributed by atoms with Crippen LogP contribution in [-0.4, -0.2) is 29.0 Å². The molecule has 0 bridgehead atoms. The number of hydrogen-bond acceptors (Lipinski definition) is 2. The van der Waals surface area contributed by atoms with Gasteiger partial charge in [0, 0.05) is 18.1 Å². The van der Waals surface area contributed by atoms with Crippen molar-refractivity contribution >= 4 is 33.4 Å². The van der Waals surface area contributed by atoms with E-state index in [2.05, 4.69) is 36.7 Å². The van der Waals surface area contributed by atoms with Gasteiger partial charge in [-0.15, -0.1) is 0 Å². The van der Waals surface area contributed by atoms with Crippen LogP contribution in [-0.2, 0) is 0 Å². The van der Waals surface area contributed by atoms with Crippen molar-refractivity contribution < 1.29 is 9.90 Å². The predicted molar refractivity (Wildman–Crippen MR) is 84.3 cm³/mol. The number of carbonyl (C=O) groups is 1. The second-order valence-corrected chi connectivity index (χ2v) is 7.68. The molecule has 0 aliphatic carbocycles. The van der Waals surface area contributed by atoms with Gasteiger partial charge in [0.25, 0.3) is 5.91 Å². The Balaban J connectivity index is 2.22. The van der Waals surface area contributed by atoms with Crippen LogP contribution in [0.1, 0.15) is 37.6 Å². The lowest BCUT2D eigenvalue weighted by molar-refractivity contribution is 0.0773. The first-order valence-electron chi connectivity index (χ1n) is 6.67. The lowest BCUT2D eigenvalue weighted by Crippen LogP contribution is -2.31. The summed E-state index contributed by atoms with van der Waals surface area (Å²) in [5, 5.41) is 10.5. The summed E-state index contributed by atoms with van der Waals surface area (Å²) in [6.07, 6.45) is 0.998. The van der Waals surface area contributed by atoms with Gasteiger partial charge < -0.3 is 10.0 Å². The van der Waals surface area contributed by atoms with Gasteiger partial charge >= 0.3 is 0 Å². The average Bonchev–Trinajstić information content (AvgIpc) is 2.82. The molecule has 0 saturated carbocycles. The second-order valence-electron chi connectivity index (χ2n) is 6.39. The summed E-state index contributed by atoms with van der Waals surface area (Å²) in [6, 6.07) is 3.10. The number of benzene rings is 1. The number of aromatic hydroxyl groups is 1. The molecule has 1 aliphatic heterocycles. The fourth-order valence-electron chi connectivity index (χ4n) is 2.55. The summed E-state index contributed by atoms with van der Waals surface area (Å²) in [5.41, 5.74) is 0.449. The summed E-state index contributed by atoms with van der Waals surface area (Å²) in [6.45, 7) is 8.04. The molecule has 1 fully saturated rings. The van der Waals surface area contributed by atoms with Crippen molar-refractivity contribution in [2.24, 2.45) is 11.3 Å². The van der Waals surface area contributed by atoms with E-state index in [0.717, 1.165) is 19.5 Å². The van der Waals surface area contributed by atoms with Crippen LogP contribution < -0.4 is 0 Å². The predicted octanol–water partition coefficient (Wildman–Crippen LogP) is 4.32. The number of rotatable bonds is 1. The van der Waals surface area contributed by atoms with E-state index >= 15 is 0 Å². The highest BCUT2D eigenvalue weighted by atomic mass is 79.9. The number of phenols is 1. The van der Waals surface area contributed by atoms with Crippen LogP contribution in [0.15, 0.2) is 16.6 Å². The van der Waals surface area contributed by atoms with E-state index in [1.165, 1.54) is 6.07 Å². The maximum Gasteiger partial charge on any atom is 0.257 e. The molecular formula is C15H19BrClNO2. The maximum atomic E-state index is 12.5. The monoisotopic (exact) mass is 359 g/mol. The number of carbonyl (C=O) groups excluding carboxylic acids is 1. The molecule has 1 amide bonds. The Bertz CT molecular complexity index is 539. The van der Waals surface area contributed by atoms with E-state index in [1.54, 1.807) is 11.0 Å². The average molecular weight is 361 g/mol. The third-order valence-corrected chi connectivity index (χ3v) is 4.78. The number of amides is 1. The number of hydrogen-bond donors (Lipinski definition) is 1. The Morgan fingerprint density at radius 3 is 2.65 bits per heavy atom. The molecule has 1 aromatic carbocycles. The fourth-order valence-corrected chi connectivity index (χ4v) is 3.36. The van der Waals surface area contributed by atoms with Crippen LogP contribution in [0.2, 0.25) is 5.02 Å². The largest absolute Gasteiger partial charge is 0.506 e. The third-order valence-electron chi connectivity index (χ3n) is 3.96. The van der Waals surface area contributed by atoms with E-state index in [9.17, 15) is 9.90 Å². The second kappa shape index (κ2) is 5.57. The Labute approximate surface area is 133 Å². The van der Waals surface area contributed by atoms with Gasteiger partial charge in [0.1, 0.15) is 5.75 Å². The van der Waals surface area contributed by atoms with Crippen molar-refractivity contribution in [3.8, 4) is 5.75 Å². The Kier molecular flexibility index (Phi) is 4.35. The van der Waals surface area contributed by atoms with Crippen molar-refractivity contribution in [2.45, 2.75) is 27.2 Å². The van der Waals surface area contributed by atoms with E-state index < -0.39 is 0 Å². The molecule has 1 heterocycles. The van der Waals surface area contributed by atoms with Gasteiger partial charge in [-0.05, 0) is 45.8 Å².